The molecule has 1 saturated heterocycles. The largest absolute Gasteiger partial charge is 0.503 e. The lowest BCUT2D eigenvalue weighted by Gasteiger charge is -2.44. The molecule has 5 heteroatoms. The molecule has 21 heavy (non-hydrogen) atoms. The van der Waals surface area contributed by atoms with Crippen LogP contribution >= 0.6 is 0 Å². The van der Waals surface area contributed by atoms with Crippen LogP contribution < -0.4 is 0 Å². The summed E-state index contributed by atoms with van der Waals surface area (Å²) in [4.78, 5) is 0. The molecule has 1 atom stereocenters. The Morgan fingerprint density at radius 2 is 1.71 bits per heavy atom. The van der Waals surface area contributed by atoms with Gasteiger partial charge >= 0.3 is 8.80 Å². The van der Waals surface area contributed by atoms with Gasteiger partial charge in [-0.2, -0.15) is 0 Å². The predicted molar refractivity (Wildman–Crippen MR) is 83.9 cm³/mol. The first-order valence-electron chi connectivity index (χ1n) is 7.88. The van der Waals surface area contributed by atoms with E-state index >= 15 is 0 Å². The summed E-state index contributed by atoms with van der Waals surface area (Å²) in [7, 11) is -2.66. The molecule has 1 heterocycles. The van der Waals surface area contributed by atoms with Crippen LogP contribution in [0.15, 0.2) is 30.3 Å². The summed E-state index contributed by atoms with van der Waals surface area (Å²) in [6, 6.07) is 11.0. The third-order valence-corrected chi connectivity index (χ3v) is 6.69. The van der Waals surface area contributed by atoms with Crippen molar-refractivity contribution < 1.29 is 18.0 Å². The molecule has 1 fully saturated rings. The van der Waals surface area contributed by atoms with Crippen molar-refractivity contribution in [3.05, 3.63) is 35.9 Å². The first-order chi connectivity index (χ1) is 10.2. The van der Waals surface area contributed by atoms with Crippen molar-refractivity contribution in [1.82, 2.24) is 0 Å². The standard InChI is InChI=1S/C16H26O4Si/c1-4-17-16(15-11-8-7-9-12-15)13-10-14-21(20-16,18-5-2)19-6-3/h7-9,11-12H,4-6,10,13-14H2,1-3H3. The number of hydrogen-bond donors (Lipinski definition) is 0. The highest BCUT2D eigenvalue weighted by Crippen LogP contribution is 2.42. The van der Waals surface area contributed by atoms with E-state index in [1.165, 1.54) is 0 Å². The second kappa shape index (κ2) is 7.51. The molecule has 1 aromatic rings. The lowest BCUT2D eigenvalue weighted by Crippen LogP contribution is -2.56. The summed E-state index contributed by atoms with van der Waals surface area (Å²) < 4.78 is 24.4. The molecule has 118 valence electrons. The summed E-state index contributed by atoms with van der Waals surface area (Å²) in [5.41, 5.74) is 1.04. The SMILES string of the molecule is CCOC1(c2ccccc2)CCC[Si](OCC)(OCC)O1. The Morgan fingerprint density at radius 3 is 2.29 bits per heavy atom. The highest BCUT2D eigenvalue weighted by molar-refractivity contribution is 6.61. The summed E-state index contributed by atoms with van der Waals surface area (Å²) >= 11 is 0. The summed E-state index contributed by atoms with van der Waals surface area (Å²) in [6.45, 7) is 7.75. The van der Waals surface area contributed by atoms with Gasteiger partial charge in [0.15, 0.2) is 5.79 Å². The zero-order valence-electron chi connectivity index (χ0n) is 13.3. The Kier molecular flexibility index (Phi) is 5.95. The van der Waals surface area contributed by atoms with Gasteiger partial charge in [-0.1, -0.05) is 30.3 Å². The highest BCUT2D eigenvalue weighted by atomic mass is 28.4. The molecular formula is C16H26O4Si. The lowest BCUT2D eigenvalue weighted by atomic mass is 10.0. The zero-order valence-corrected chi connectivity index (χ0v) is 14.3. The van der Waals surface area contributed by atoms with E-state index < -0.39 is 14.6 Å². The van der Waals surface area contributed by atoms with Gasteiger partial charge in [0.25, 0.3) is 0 Å². The fraction of sp³-hybridized carbons (Fsp3) is 0.625. The third kappa shape index (κ3) is 3.73. The Hall–Kier alpha value is -0.723. The maximum Gasteiger partial charge on any atom is 0.503 e. The van der Waals surface area contributed by atoms with Crippen LogP contribution in [-0.2, 0) is 23.8 Å². The normalized spacial score (nSPS) is 24.9. The van der Waals surface area contributed by atoms with Crippen molar-refractivity contribution in [2.75, 3.05) is 19.8 Å². The Labute approximate surface area is 128 Å². The van der Waals surface area contributed by atoms with Crippen molar-refractivity contribution in [2.24, 2.45) is 0 Å². The molecule has 0 aliphatic carbocycles. The van der Waals surface area contributed by atoms with E-state index in [9.17, 15) is 0 Å². The maximum absolute atomic E-state index is 6.44. The van der Waals surface area contributed by atoms with Crippen molar-refractivity contribution in [2.45, 2.75) is 45.4 Å². The van der Waals surface area contributed by atoms with Crippen molar-refractivity contribution in [3.63, 3.8) is 0 Å². The third-order valence-electron chi connectivity index (χ3n) is 3.63. The van der Waals surface area contributed by atoms with Gasteiger partial charge in [0.1, 0.15) is 0 Å². The van der Waals surface area contributed by atoms with Crippen LogP contribution in [0.5, 0.6) is 0 Å². The van der Waals surface area contributed by atoms with Gasteiger partial charge in [-0.25, -0.2) is 0 Å². The second-order valence-electron chi connectivity index (χ2n) is 5.06. The number of ether oxygens (including phenoxy) is 1. The Morgan fingerprint density at radius 1 is 1.05 bits per heavy atom. The minimum absolute atomic E-state index is 0.595. The van der Waals surface area contributed by atoms with E-state index in [1.807, 2.05) is 39.0 Å². The Balaban J connectivity index is 2.32. The maximum atomic E-state index is 6.44. The molecule has 0 N–H and O–H groups in total. The molecule has 4 nitrogen and oxygen atoms in total. The second-order valence-corrected chi connectivity index (χ2v) is 7.70. The molecule has 0 aromatic heterocycles. The number of rotatable bonds is 7. The van der Waals surface area contributed by atoms with Crippen LogP contribution in [0.4, 0.5) is 0 Å². The van der Waals surface area contributed by atoms with E-state index in [2.05, 4.69) is 12.1 Å². The van der Waals surface area contributed by atoms with Gasteiger partial charge < -0.3 is 18.0 Å². The smallest absolute Gasteiger partial charge is 0.374 e. The molecule has 0 amide bonds. The van der Waals surface area contributed by atoms with Crippen LogP contribution in [0.3, 0.4) is 0 Å². The van der Waals surface area contributed by atoms with Crippen molar-refractivity contribution in [1.29, 1.82) is 0 Å². The number of benzene rings is 1. The highest BCUT2D eigenvalue weighted by Gasteiger charge is 2.53. The van der Waals surface area contributed by atoms with Crippen LogP contribution in [-0.4, -0.2) is 28.6 Å². The van der Waals surface area contributed by atoms with Crippen molar-refractivity contribution >= 4 is 8.80 Å². The van der Waals surface area contributed by atoms with E-state index in [0.29, 0.717) is 19.8 Å². The quantitative estimate of drug-likeness (QED) is 0.720. The molecule has 1 aliphatic heterocycles. The van der Waals surface area contributed by atoms with Crippen LogP contribution in [0.25, 0.3) is 0 Å². The van der Waals surface area contributed by atoms with E-state index in [4.69, 9.17) is 18.0 Å². The van der Waals surface area contributed by atoms with Gasteiger partial charge in [-0.3, -0.25) is 0 Å². The first-order valence-corrected chi connectivity index (χ1v) is 9.81. The molecular weight excluding hydrogens is 284 g/mol. The summed E-state index contributed by atoms with van der Waals surface area (Å²) in [5, 5.41) is 0. The zero-order chi connectivity index (χ0) is 15.2. The first kappa shape index (κ1) is 16.6. The fourth-order valence-electron chi connectivity index (χ4n) is 2.89. The van der Waals surface area contributed by atoms with E-state index in [-0.39, 0.29) is 0 Å². The van der Waals surface area contributed by atoms with E-state index in [0.717, 1.165) is 24.4 Å². The summed E-state index contributed by atoms with van der Waals surface area (Å²) in [6.07, 6.45) is 1.82. The van der Waals surface area contributed by atoms with Crippen molar-refractivity contribution in [3.8, 4) is 0 Å². The monoisotopic (exact) mass is 310 g/mol. The summed E-state index contributed by atoms with van der Waals surface area (Å²) in [5.74, 6) is -0.731. The molecule has 1 aromatic carbocycles. The molecule has 1 aliphatic rings. The van der Waals surface area contributed by atoms with Gasteiger partial charge in [0.05, 0.1) is 0 Å². The fourth-order valence-corrected chi connectivity index (χ4v) is 5.75. The molecule has 0 saturated carbocycles. The van der Waals surface area contributed by atoms with Crippen LogP contribution in [0.2, 0.25) is 6.04 Å². The van der Waals surface area contributed by atoms with Gasteiger partial charge in [-0.15, -0.1) is 0 Å². The molecule has 0 bridgehead atoms. The van der Waals surface area contributed by atoms with Crippen LogP contribution in [0, 0.1) is 0 Å². The molecule has 1 unspecified atom stereocenters. The minimum Gasteiger partial charge on any atom is -0.374 e. The Bertz CT molecular complexity index is 410. The number of hydrogen-bond acceptors (Lipinski definition) is 4. The lowest BCUT2D eigenvalue weighted by molar-refractivity contribution is -0.231. The topological polar surface area (TPSA) is 36.9 Å². The molecule has 0 spiro atoms. The molecule has 0 radical (unpaired) electrons. The molecule has 2 rings (SSSR count). The van der Waals surface area contributed by atoms with Gasteiger partial charge in [0, 0.05) is 37.8 Å². The van der Waals surface area contributed by atoms with Crippen LogP contribution in [0.1, 0.15) is 39.2 Å². The average Bonchev–Trinajstić information content (AvgIpc) is 2.49. The van der Waals surface area contributed by atoms with Gasteiger partial charge in [-0.05, 0) is 27.2 Å². The predicted octanol–water partition coefficient (Wildman–Crippen LogP) is 3.70. The minimum atomic E-state index is -2.66. The van der Waals surface area contributed by atoms with E-state index in [1.54, 1.807) is 0 Å². The average molecular weight is 310 g/mol. The van der Waals surface area contributed by atoms with Gasteiger partial charge in [0.2, 0.25) is 0 Å².